The summed E-state index contributed by atoms with van der Waals surface area (Å²) in [6.45, 7) is 2.67. The van der Waals surface area contributed by atoms with Crippen LogP contribution in [0.5, 0.6) is 0 Å². The van der Waals surface area contributed by atoms with E-state index in [2.05, 4.69) is 4.72 Å². The van der Waals surface area contributed by atoms with E-state index in [9.17, 15) is 22.4 Å². The van der Waals surface area contributed by atoms with Crippen LogP contribution >= 0.6 is 0 Å². The molecule has 0 aromatic heterocycles. The maximum atomic E-state index is 13.4. The average molecular weight is 457 g/mol. The number of hydrogen-bond donors (Lipinski definition) is 2. The van der Waals surface area contributed by atoms with Crippen LogP contribution in [0.2, 0.25) is 0 Å². The van der Waals surface area contributed by atoms with Crippen LogP contribution in [0.3, 0.4) is 0 Å². The zero-order chi connectivity index (χ0) is 22.6. The van der Waals surface area contributed by atoms with Crippen LogP contribution in [0.15, 0.2) is 23.1 Å². The minimum atomic E-state index is -4.11. The van der Waals surface area contributed by atoms with Crippen molar-refractivity contribution in [2.24, 2.45) is 5.73 Å². The maximum Gasteiger partial charge on any atom is 0.253 e. The molecule has 2 heterocycles. The molecule has 0 bridgehead atoms. The lowest BCUT2D eigenvalue weighted by atomic mass is 10.1. The molecule has 1 aromatic rings. The smallest absolute Gasteiger partial charge is 0.253 e. The molecule has 2 aliphatic rings. The average Bonchev–Trinajstić information content (AvgIpc) is 2.77. The lowest BCUT2D eigenvalue weighted by Gasteiger charge is -2.32. The van der Waals surface area contributed by atoms with E-state index in [4.69, 9.17) is 10.5 Å². The topological polar surface area (TPSA) is 122 Å². The summed E-state index contributed by atoms with van der Waals surface area (Å²) in [6, 6.07) is 3.56. The van der Waals surface area contributed by atoms with E-state index >= 15 is 0 Å². The fourth-order valence-electron chi connectivity index (χ4n) is 3.93. The summed E-state index contributed by atoms with van der Waals surface area (Å²) < 4.78 is 47.4. The Morgan fingerprint density at radius 1 is 1.32 bits per heavy atom. The summed E-state index contributed by atoms with van der Waals surface area (Å²) in [5, 5.41) is 0. The minimum Gasteiger partial charge on any atom is -0.370 e. The van der Waals surface area contributed by atoms with Crippen molar-refractivity contribution in [3.05, 3.63) is 23.8 Å². The highest BCUT2D eigenvalue weighted by molar-refractivity contribution is 7.89. The summed E-state index contributed by atoms with van der Waals surface area (Å²) in [4.78, 5) is 28.0. The number of rotatable bonds is 7. The molecular formula is C20H29FN4O5S. The van der Waals surface area contributed by atoms with Crippen LogP contribution in [0.1, 0.15) is 25.3 Å². The minimum absolute atomic E-state index is 0.000471. The molecule has 0 radical (unpaired) electrons. The number of halogens is 1. The van der Waals surface area contributed by atoms with Crippen LogP contribution < -0.4 is 15.4 Å². The Hall–Kier alpha value is -2.08. The van der Waals surface area contributed by atoms with Gasteiger partial charge in [-0.3, -0.25) is 9.59 Å². The Balaban J connectivity index is 1.86. The molecule has 2 aliphatic heterocycles. The van der Waals surface area contributed by atoms with Crippen molar-refractivity contribution >= 4 is 27.5 Å². The zero-order valence-electron chi connectivity index (χ0n) is 17.5. The number of piperidine rings is 1. The first-order valence-corrected chi connectivity index (χ1v) is 11.9. The first-order chi connectivity index (χ1) is 14.8. The van der Waals surface area contributed by atoms with E-state index in [1.807, 2.05) is 0 Å². The van der Waals surface area contributed by atoms with Crippen LogP contribution in [0.4, 0.5) is 10.1 Å². The lowest BCUT2D eigenvalue weighted by molar-refractivity contribution is -0.134. The van der Waals surface area contributed by atoms with Gasteiger partial charge in [0.25, 0.3) is 5.91 Å². The van der Waals surface area contributed by atoms with E-state index in [0.717, 1.165) is 0 Å². The number of nitrogens with one attached hydrogen (secondary N) is 1. The summed E-state index contributed by atoms with van der Waals surface area (Å²) >= 11 is 0. The third-order valence-corrected chi connectivity index (χ3v) is 7.15. The number of anilines is 1. The van der Waals surface area contributed by atoms with Crippen molar-refractivity contribution in [1.82, 2.24) is 9.62 Å². The van der Waals surface area contributed by atoms with Crippen molar-refractivity contribution in [1.29, 1.82) is 0 Å². The fraction of sp³-hybridized carbons (Fsp3) is 0.600. The maximum absolute atomic E-state index is 13.4. The number of likely N-dealkylation sites (tertiary alicyclic amines) is 1. The molecule has 11 heteroatoms. The quantitative estimate of drug-likeness (QED) is 0.604. The second-order valence-corrected chi connectivity index (χ2v) is 9.30. The van der Waals surface area contributed by atoms with Gasteiger partial charge in [0.05, 0.1) is 11.5 Å². The number of nitrogens with zero attached hydrogens (tertiary/aromatic N) is 2. The standard InChI is InChI=1S/C20H29FN4O5S/c1-2-15-17(25-10-11-30-13-19(25)26)4-3-5-18(15)31(28,29)23-16(12-22)20(27)24-8-6-14(21)7-9-24/h3-5,14,16,23H,2,6-13,22H2,1H3/t16-/m0/s1. The van der Waals surface area contributed by atoms with Gasteiger partial charge < -0.3 is 20.3 Å². The number of nitrogens with two attached hydrogens (primary N) is 1. The third-order valence-electron chi connectivity index (χ3n) is 5.60. The Bertz CT molecular complexity index is 918. The number of morpholine rings is 1. The van der Waals surface area contributed by atoms with E-state index in [1.165, 1.54) is 15.9 Å². The van der Waals surface area contributed by atoms with E-state index in [-0.39, 0.29) is 49.9 Å². The SMILES string of the molecule is CCc1c(N2CCOCC2=O)cccc1S(=O)(=O)N[C@@H](CN)C(=O)N1CCC(F)CC1. The molecule has 1 atom stereocenters. The summed E-state index contributed by atoms with van der Waals surface area (Å²) in [5.74, 6) is -0.703. The predicted molar refractivity (Wildman–Crippen MR) is 113 cm³/mol. The van der Waals surface area contributed by atoms with Crippen molar-refractivity contribution in [3.63, 3.8) is 0 Å². The van der Waals surface area contributed by atoms with Gasteiger partial charge in [-0.15, -0.1) is 0 Å². The van der Waals surface area contributed by atoms with Crippen LogP contribution in [-0.4, -0.2) is 76.7 Å². The molecule has 0 spiro atoms. The number of benzene rings is 1. The van der Waals surface area contributed by atoms with Crippen LogP contribution in [0.25, 0.3) is 0 Å². The highest BCUT2D eigenvalue weighted by Crippen LogP contribution is 2.29. The number of carbonyl (C=O) groups excluding carboxylic acids is 2. The molecule has 0 aliphatic carbocycles. The monoisotopic (exact) mass is 456 g/mol. The predicted octanol–water partition coefficient (Wildman–Crippen LogP) is 0.178. The number of amides is 2. The van der Waals surface area contributed by atoms with Crippen molar-refractivity contribution in [2.75, 3.05) is 44.3 Å². The van der Waals surface area contributed by atoms with Crippen molar-refractivity contribution < 1.29 is 27.1 Å². The number of hydrogen-bond acceptors (Lipinski definition) is 6. The molecule has 2 fully saturated rings. The van der Waals surface area contributed by atoms with Gasteiger partial charge in [-0.25, -0.2) is 12.8 Å². The number of alkyl halides is 1. The zero-order valence-corrected chi connectivity index (χ0v) is 18.4. The molecule has 2 amide bonds. The first kappa shape index (κ1) is 23.6. The Kier molecular flexibility index (Phi) is 7.63. The van der Waals surface area contributed by atoms with E-state index < -0.39 is 28.1 Å². The summed E-state index contributed by atoms with van der Waals surface area (Å²) in [6.07, 6.45) is -0.131. The molecular weight excluding hydrogens is 427 g/mol. The van der Waals surface area contributed by atoms with Gasteiger partial charge in [0.1, 0.15) is 18.8 Å². The van der Waals surface area contributed by atoms with Gasteiger partial charge in [-0.05, 0) is 37.0 Å². The molecule has 0 saturated carbocycles. The van der Waals surface area contributed by atoms with Gasteiger partial charge in [-0.2, -0.15) is 4.72 Å². The van der Waals surface area contributed by atoms with Gasteiger partial charge in [0.2, 0.25) is 15.9 Å². The fourth-order valence-corrected chi connectivity index (χ4v) is 5.46. The molecule has 3 N–H and O–H groups in total. The molecule has 2 saturated heterocycles. The summed E-state index contributed by atoms with van der Waals surface area (Å²) in [7, 11) is -4.11. The Morgan fingerprint density at radius 3 is 2.65 bits per heavy atom. The second kappa shape index (κ2) is 10.0. The lowest BCUT2D eigenvalue weighted by Crippen LogP contribution is -2.54. The van der Waals surface area contributed by atoms with Crippen LogP contribution in [-0.2, 0) is 30.8 Å². The molecule has 172 valence electrons. The summed E-state index contributed by atoms with van der Waals surface area (Å²) in [5.41, 5.74) is 6.70. The molecule has 3 rings (SSSR count). The molecule has 9 nitrogen and oxygen atoms in total. The number of carbonyl (C=O) groups is 2. The van der Waals surface area contributed by atoms with Gasteiger partial charge in [0.15, 0.2) is 0 Å². The Labute approximate surface area is 181 Å². The van der Waals surface area contributed by atoms with Gasteiger partial charge >= 0.3 is 0 Å². The molecule has 0 unspecified atom stereocenters. The largest absolute Gasteiger partial charge is 0.370 e. The molecule has 31 heavy (non-hydrogen) atoms. The third kappa shape index (κ3) is 5.22. The number of sulfonamides is 1. The normalized spacial score (nSPS) is 19.5. The Morgan fingerprint density at radius 2 is 2.03 bits per heavy atom. The van der Waals surface area contributed by atoms with Gasteiger partial charge in [-0.1, -0.05) is 13.0 Å². The van der Waals surface area contributed by atoms with E-state index in [1.54, 1.807) is 19.1 Å². The second-order valence-electron chi connectivity index (χ2n) is 7.61. The molecule has 1 aromatic carbocycles. The van der Waals surface area contributed by atoms with Crippen molar-refractivity contribution in [2.45, 2.75) is 43.3 Å². The van der Waals surface area contributed by atoms with E-state index in [0.29, 0.717) is 30.8 Å². The highest BCUT2D eigenvalue weighted by Gasteiger charge is 2.32. The first-order valence-electron chi connectivity index (χ1n) is 10.4. The van der Waals surface area contributed by atoms with Crippen molar-refractivity contribution in [3.8, 4) is 0 Å². The van der Waals surface area contributed by atoms with Gasteiger partial charge in [0, 0.05) is 31.9 Å². The highest BCUT2D eigenvalue weighted by atomic mass is 32.2. The number of ether oxygens (including phenoxy) is 1. The van der Waals surface area contributed by atoms with Crippen LogP contribution in [0, 0.1) is 0 Å².